The van der Waals surface area contributed by atoms with Crippen molar-refractivity contribution in [2.45, 2.75) is 34.9 Å². The molecule has 0 bridgehead atoms. The summed E-state index contributed by atoms with van der Waals surface area (Å²) in [6, 6.07) is 4.65. The number of primary amides is 1. The van der Waals surface area contributed by atoms with Crippen LogP contribution in [0, 0.1) is 11.3 Å². The van der Waals surface area contributed by atoms with Crippen LogP contribution in [0.4, 0.5) is 18.2 Å². The predicted octanol–water partition coefficient (Wildman–Crippen LogP) is 2.16. The van der Waals surface area contributed by atoms with Gasteiger partial charge in [0.1, 0.15) is 25.5 Å². The summed E-state index contributed by atoms with van der Waals surface area (Å²) in [7, 11) is -4.71. The van der Waals surface area contributed by atoms with E-state index in [1.54, 1.807) is 6.07 Å². The van der Waals surface area contributed by atoms with Crippen LogP contribution >= 0.6 is 11.3 Å². The number of aliphatic hydroxyl groups is 1. The lowest BCUT2D eigenvalue weighted by molar-refractivity contribution is -0.275. The van der Waals surface area contributed by atoms with Crippen LogP contribution in [0.3, 0.4) is 0 Å². The Balaban J connectivity index is 2.64. The number of hydrogen-bond acceptors (Lipinski definition) is 8. The lowest BCUT2D eigenvalue weighted by atomic mass is 10.1. The lowest BCUT2D eigenvalue weighted by Crippen LogP contribution is -2.36. The maximum atomic E-state index is 13.0. The van der Waals surface area contributed by atoms with Gasteiger partial charge in [-0.15, -0.1) is 24.5 Å². The number of hydrogen-bond donors (Lipinski definition) is 3. The van der Waals surface area contributed by atoms with E-state index in [0.717, 1.165) is 32.0 Å². The molecule has 9 nitrogen and oxygen atoms in total. The summed E-state index contributed by atoms with van der Waals surface area (Å²) < 4.78 is 67.3. The molecule has 0 saturated carbocycles. The smallest absolute Gasteiger partial charge is 0.404 e. The number of rotatable bonds is 6. The number of amides is 2. The maximum Gasteiger partial charge on any atom is 0.573 e. The Hall–Kier alpha value is -3.15. The lowest BCUT2D eigenvalue weighted by Gasteiger charge is -2.16. The van der Waals surface area contributed by atoms with Crippen LogP contribution < -0.4 is 15.8 Å². The number of sulfone groups is 1. The number of nitriles is 1. The average molecular weight is 477 g/mol. The summed E-state index contributed by atoms with van der Waals surface area (Å²) in [4.78, 5) is 22.7. The molecule has 0 saturated heterocycles. The molecular formula is C17H14F3N3O6S2. The fraction of sp³-hybridized carbons (Fsp3) is 0.235. The fourth-order valence-corrected chi connectivity index (χ4v) is 5.00. The number of ether oxygens (including phenoxy) is 1. The topological polar surface area (TPSA) is 160 Å². The molecule has 0 aliphatic heterocycles. The first kappa shape index (κ1) is 24.1. The highest BCUT2D eigenvalue weighted by Crippen LogP contribution is 2.39. The van der Waals surface area contributed by atoms with E-state index in [0.29, 0.717) is 17.4 Å². The highest BCUT2D eigenvalue weighted by atomic mass is 32.2. The van der Waals surface area contributed by atoms with E-state index in [4.69, 9.17) is 11.0 Å². The Labute approximate surface area is 177 Å². The van der Waals surface area contributed by atoms with E-state index < -0.39 is 54.0 Å². The number of nitrogens with two attached hydrogens (primary N) is 1. The second-order valence-corrected chi connectivity index (χ2v) is 9.71. The van der Waals surface area contributed by atoms with Crippen molar-refractivity contribution in [2.24, 2.45) is 5.73 Å². The van der Waals surface area contributed by atoms with Crippen LogP contribution in [-0.4, -0.2) is 37.3 Å². The molecule has 4 N–H and O–H groups in total. The van der Waals surface area contributed by atoms with Gasteiger partial charge in [-0.2, -0.15) is 5.26 Å². The van der Waals surface area contributed by atoms with Crippen molar-refractivity contribution < 1.29 is 41.0 Å². The zero-order valence-corrected chi connectivity index (χ0v) is 17.4. The first-order valence-electron chi connectivity index (χ1n) is 8.08. The molecule has 14 heteroatoms. The van der Waals surface area contributed by atoms with Crippen molar-refractivity contribution in [1.29, 1.82) is 5.26 Å². The van der Waals surface area contributed by atoms with Crippen molar-refractivity contribution in [3.05, 3.63) is 35.4 Å². The summed E-state index contributed by atoms with van der Waals surface area (Å²) in [5.74, 6) is -3.27. The van der Waals surface area contributed by atoms with E-state index in [1.165, 1.54) is 0 Å². The molecule has 0 fully saturated rings. The Morgan fingerprint density at radius 1 is 1.26 bits per heavy atom. The number of benzene rings is 1. The molecule has 0 spiro atoms. The van der Waals surface area contributed by atoms with Crippen molar-refractivity contribution in [3.8, 4) is 11.8 Å². The Bertz CT molecular complexity index is 1190. The molecule has 0 aliphatic rings. The summed E-state index contributed by atoms with van der Waals surface area (Å²) in [6.07, 6.45) is -5.25. The van der Waals surface area contributed by atoms with Gasteiger partial charge in [-0.1, -0.05) is 0 Å². The van der Waals surface area contributed by atoms with Gasteiger partial charge in [-0.25, -0.2) is 8.42 Å². The largest absolute Gasteiger partial charge is 0.573 e. The van der Waals surface area contributed by atoms with Crippen molar-refractivity contribution >= 4 is 38.0 Å². The Morgan fingerprint density at radius 2 is 1.87 bits per heavy atom. The third-order valence-electron chi connectivity index (χ3n) is 3.61. The molecule has 0 aliphatic carbocycles. The van der Waals surface area contributed by atoms with Gasteiger partial charge >= 0.3 is 6.36 Å². The number of carbonyl (C=O) groups excluding carboxylic acids is 2. The quantitative estimate of drug-likeness (QED) is 0.575. The molecule has 0 radical (unpaired) electrons. The van der Waals surface area contributed by atoms with Gasteiger partial charge in [0, 0.05) is 0 Å². The number of alkyl halides is 3. The zero-order chi connectivity index (χ0) is 23.8. The normalized spacial score (nSPS) is 12.2. The molecule has 1 heterocycles. The number of nitrogens with zero attached hydrogens (tertiary/aromatic N) is 1. The van der Waals surface area contributed by atoms with Crippen LogP contribution in [0.1, 0.15) is 29.8 Å². The van der Waals surface area contributed by atoms with Crippen LogP contribution in [0.25, 0.3) is 0 Å². The summed E-state index contributed by atoms with van der Waals surface area (Å²) in [6.45, 7) is 2.27. The van der Waals surface area contributed by atoms with Gasteiger partial charge in [-0.05, 0) is 38.1 Å². The Kier molecular flexibility index (Phi) is 6.36. The van der Waals surface area contributed by atoms with Gasteiger partial charge < -0.3 is 20.9 Å². The zero-order valence-electron chi connectivity index (χ0n) is 15.8. The molecule has 0 unspecified atom stereocenters. The average Bonchev–Trinajstić information content (AvgIpc) is 3.04. The molecular weight excluding hydrogens is 463 g/mol. The number of nitrogens with one attached hydrogen (secondary N) is 1. The standard InChI is InChI=1S/C17H14F3N3O6S2/c1-16(2,26)15(25)23-14-9(13(22)24)6-12(30-14)31(27,28)11-4-3-8(7-21)5-10(11)29-17(18,19)20/h3-6,26H,1-2H3,(H2,22,24)(H,23,25). The van der Waals surface area contributed by atoms with E-state index in [2.05, 4.69) is 10.1 Å². The third kappa shape index (κ3) is 5.51. The molecule has 2 aromatic rings. The maximum absolute atomic E-state index is 13.0. The molecule has 31 heavy (non-hydrogen) atoms. The predicted molar refractivity (Wildman–Crippen MR) is 101 cm³/mol. The van der Waals surface area contributed by atoms with E-state index >= 15 is 0 Å². The minimum atomic E-state index is -5.25. The minimum Gasteiger partial charge on any atom is -0.404 e. The molecule has 1 aromatic carbocycles. The van der Waals surface area contributed by atoms with Gasteiger partial charge in [0.25, 0.3) is 11.8 Å². The summed E-state index contributed by atoms with van der Waals surface area (Å²) in [5, 5.41) is 20.4. The van der Waals surface area contributed by atoms with Crippen LogP contribution in [0.5, 0.6) is 5.75 Å². The van der Waals surface area contributed by atoms with E-state index in [9.17, 15) is 36.3 Å². The van der Waals surface area contributed by atoms with Gasteiger partial charge in [0.05, 0.1) is 17.2 Å². The Morgan fingerprint density at radius 3 is 2.35 bits per heavy atom. The second kappa shape index (κ2) is 8.17. The summed E-state index contributed by atoms with van der Waals surface area (Å²) in [5.41, 5.74) is 2.58. The number of halogens is 3. The minimum absolute atomic E-state index is 0.291. The fourth-order valence-electron chi connectivity index (χ4n) is 2.15. The first-order valence-corrected chi connectivity index (χ1v) is 10.4. The van der Waals surface area contributed by atoms with Gasteiger partial charge in [0.15, 0.2) is 0 Å². The van der Waals surface area contributed by atoms with E-state index in [1.807, 2.05) is 0 Å². The number of anilines is 1. The number of carbonyl (C=O) groups is 2. The van der Waals surface area contributed by atoms with Crippen molar-refractivity contribution in [2.75, 3.05) is 5.32 Å². The first-order chi connectivity index (χ1) is 14.1. The SMILES string of the molecule is CC(C)(O)C(=O)Nc1sc(S(=O)(=O)c2ccc(C#N)cc2OC(F)(F)F)cc1C(N)=O. The van der Waals surface area contributed by atoms with Crippen molar-refractivity contribution in [1.82, 2.24) is 0 Å². The van der Waals surface area contributed by atoms with Crippen LogP contribution in [-0.2, 0) is 14.6 Å². The summed E-state index contributed by atoms with van der Waals surface area (Å²) >= 11 is 0.337. The molecule has 166 valence electrons. The second-order valence-electron chi connectivity index (χ2n) is 6.51. The molecule has 1 aromatic heterocycles. The highest BCUT2D eigenvalue weighted by Gasteiger charge is 2.36. The molecule has 2 amide bonds. The van der Waals surface area contributed by atoms with Crippen molar-refractivity contribution in [3.63, 3.8) is 0 Å². The van der Waals surface area contributed by atoms with E-state index in [-0.39, 0.29) is 10.6 Å². The van der Waals surface area contributed by atoms with Crippen LogP contribution in [0.2, 0.25) is 0 Å². The highest BCUT2D eigenvalue weighted by molar-refractivity contribution is 7.93. The third-order valence-corrected chi connectivity index (χ3v) is 6.93. The molecule has 0 atom stereocenters. The number of thiophene rings is 1. The monoisotopic (exact) mass is 477 g/mol. The van der Waals surface area contributed by atoms with Gasteiger partial charge in [-0.3, -0.25) is 9.59 Å². The van der Waals surface area contributed by atoms with Gasteiger partial charge in [0.2, 0.25) is 9.84 Å². The molecule has 2 rings (SSSR count). The van der Waals surface area contributed by atoms with Crippen LogP contribution in [0.15, 0.2) is 33.4 Å².